The largest absolute Gasteiger partial charge is 0.387 e. The third kappa shape index (κ3) is 2.81. The Labute approximate surface area is 151 Å². The summed E-state index contributed by atoms with van der Waals surface area (Å²) in [6.45, 7) is 0. The second-order valence-corrected chi connectivity index (χ2v) is 7.29. The van der Waals surface area contributed by atoms with Gasteiger partial charge in [-0.1, -0.05) is 76.6 Å². The molecule has 0 aromatic heterocycles. The molecule has 0 radical (unpaired) electrons. The molecule has 24 heavy (non-hydrogen) atoms. The molecule has 0 heterocycles. The van der Waals surface area contributed by atoms with Gasteiger partial charge in [0.1, 0.15) is 0 Å². The molecule has 120 valence electrons. The van der Waals surface area contributed by atoms with Crippen molar-refractivity contribution in [2.24, 2.45) is 0 Å². The van der Waals surface area contributed by atoms with E-state index in [0.29, 0.717) is 0 Å². The van der Waals surface area contributed by atoms with Gasteiger partial charge in [-0.05, 0) is 52.8 Å². The number of hydrogen-bond donors (Lipinski definition) is 1. The van der Waals surface area contributed by atoms with Gasteiger partial charge >= 0.3 is 0 Å². The van der Waals surface area contributed by atoms with Crippen LogP contribution in [-0.2, 0) is 12.8 Å². The summed E-state index contributed by atoms with van der Waals surface area (Å²) in [4.78, 5) is 0. The van der Waals surface area contributed by atoms with Crippen molar-refractivity contribution in [3.05, 3.63) is 105 Å². The van der Waals surface area contributed by atoms with Crippen LogP contribution in [0.2, 0.25) is 0 Å². The fourth-order valence-corrected chi connectivity index (χ4v) is 4.02. The van der Waals surface area contributed by atoms with E-state index in [0.717, 1.165) is 22.9 Å². The maximum absolute atomic E-state index is 11.2. The first kappa shape index (κ1) is 15.6. The van der Waals surface area contributed by atoms with E-state index in [1.807, 2.05) is 24.3 Å². The molecule has 3 aromatic carbocycles. The van der Waals surface area contributed by atoms with Crippen molar-refractivity contribution in [2.75, 3.05) is 0 Å². The number of aryl methyl sites for hydroxylation is 2. The molecule has 1 aliphatic rings. The minimum absolute atomic E-state index is 0.0268. The monoisotopic (exact) mass is 378 g/mol. The van der Waals surface area contributed by atoms with E-state index in [1.165, 1.54) is 22.3 Å². The Morgan fingerprint density at radius 2 is 1.25 bits per heavy atom. The third-order valence-corrected chi connectivity index (χ3v) is 5.50. The number of halogens is 1. The lowest BCUT2D eigenvalue weighted by atomic mass is 9.81. The molecule has 0 amide bonds. The molecular weight excluding hydrogens is 360 g/mol. The van der Waals surface area contributed by atoms with Crippen molar-refractivity contribution in [3.8, 4) is 0 Å². The molecule has 0 aliphatic heterocycles. The van der Waals surface area contributed by atoms with Crippen LogP contribution in [0, 0.1) is 0 Å². The molecule has 3 aromatic rings. The van der Waals surface area contributed by atoms with Crippen LogP contribution in [0.4, 0.5) is 0 Å². The van der Waals surface area contributed by atoms with Gasteiger partial charge in [0.15, 0.2) is 0 Å². The zero-order valence-corrected chi connectivity index (χ0v) is 14.9. The number of hydrogen-bond acceptors (Lipinski definition) is 1. The Kier molecular flexibility index (Phi) is 4.26. The van der Waals surface area contributed by atoms with Gasteiger partial charge in [0.2, 0.25) is 0 Å². The summed E-state index contributed by atoms with van der Waals surface area (Å²) in [5.41, 5.74) is 6.13. The smallest absolute Gasteiger partial charge is 0.0899 e. The minimum atomic E-state index is -0.557. The molecule has 1 atom stereocenters. The van der Waals surface area contributed by atoms with E-state index >= 15 is 0 Å². The van der Waals surface area contributed by atoms with Crippen LogP contribution in [0.1, 0.15) is 39.8 Å². The van der Waals surface area contributed by atoms with Gasteiger partial charge in [0, 0.05) is 10.4 Å². The van der Waals surface area contributed by atoms with E-state index in [-0.39, 0.29) is 5.92 Å². The average Bonchev–Trinajstić information content (AvgIpc) is 2.79. The lowest BCUT2D eigenvalue weighted by Gasteiger charge is -2.26. The van der Waals surface area contributed by atoms with Crippen LogP contribution in [0.25, 0.3) is 0 Å². The van der Waals surface area contributed by atoms with Gasteiger partial charge in [-0.25, -0.2) is 0 Å². The average molecular weight is 379 g/mol. The molecule has 1 nitrogen and oxygen atoms in total. The van der Waals surface area contributed by atoms with Gasteiger partial charge in [0.05, 0.1) is 6.10 Å². The maximum Gasteiger partial charge on any atom is 0.0899 e. The highest BCUT2D eigenvalue weighted by Crippen LogP contribution is 2.42. The summed E-state index contributed by atoms with van der Waals surface area (Å²) < 4.78 is 1.03. The van der Waals surface area contributed by atoms with E-state index < -0.39 is 6.10 Å². The van der Waals surface area contributed by atoms with Crippen LogP contribution in [-0.4, -0.2) is 5.11 Å². The Bertz CT molecular complexity index is 806. The summed E-state index contributed by atoms with van der Waals surface area (Å²) in [7, 11) is 0. The molecule has 1 unspecified atom stereocenters. The van der Waals surface area contributed by atoms with E-state index in [4.69, 9.17) is 0 Å². The standard InChI is InChI=1S/C22H19BrO/c23-18-13-11-17(12-14-18)22(24)21-19-7-3-1-5-15(19)9-10-16-6-2-4-8-20(16)21/h1-8,11-14,21-22,24H,9-10H2. The van der Waals surface area contributed by atoms with Crippen molar-refractivity contribution in [1.82, 2.24) is 0 Å². The lowest BCUT2D eigenvalue weighted by Crippen LogP contribution is -2.14. The van der Waals surface area contributed by atoms with Crippen molar-refractivity contribution >= 4 is 15.9 Å². The first-order valence-electron chi connectivity index (χ1n) is 8.33. The zero-order chi connectivity index (χ0) is 16.5. The summed E-state index contributed by atoms with van der Waals surface area (Å²) in [5.74, 6) is -0.0268. The van der Waals surface area contributed by atoms with Gasteiger partial charge in [-0.15, -0.1) is 0 Å². The fourth-order valence-electron chi connectivity index (χ4n) is 3.76. The molecule has 0 saturated heterocycles. The van der Waals surface area contributed by atoms with Gasteiger partial charge in [0.25, 0.3) is 0 Å². The van der Waals surface area contributed by atoms with Gasteiger partial charge in [-0.2, -0.15) is 0 Å². The van der Waals surface area contributed by atoms with Crippen LogP contribution >= 0.6 is 15.9 Å². The first-order chi connectivity index (χ1) is 11.7. The highest BCUT2D eigenvalue weighted by Gasteiger charge is 2.30. The number of fused-ring (bicyclic) bond motifs is 2. The Hall–Kier alpha value is -1.90. The molecule has 2 heteroatoms. The summed E-state index contributed by atoms with van der Waals surface area (Å²) in [6.07, 6.45) is 1.49. The number of aliphatic hydroxyl groups is 1. The number of aliphatic hydroxyl groups excluding tert-OH is 1. The van der Waals surface area contributed by atoms with Crippen LogP contribution in [0.3, 0.4) is 0 Å². The normalized spacial score (nSPS) is 15.2. The Morgan fingerprint density at radius 3 is 1.79 bits per heavy atom. The topological polar surface area (TPSA) is 20.2 Å². The SMILES string of the molecule is OC(c1ccc(Br)cc1)C1c2ccccc2CCc2ccccc21. The van der Waals surface area contributed by atoms with Gasteiger partial charge < -0.3 is 5.11 Å². The summed E-state index contributed by atoms with van der Waals surface area (Å²) in [5, 5.41) is 11.2. The predicted molar refractivity (Wildman–Crippen MR) is 101 cm³/mol. The van der Waals surface area contributed by atoms with Crippen molar-refractivity contribution in [2.45, 2.75) is 24.9 Å². The number of benzene rings is 3. The maximum atomic E-state index is 11.2. The van der Waals surface area contributed by atoms with E-state index in [9.17, 15) is 5.11 Å². The van der Waals surface area contributed by atoms with Gasteiger partial charge in [-0.3, -0.25) is 0 Å². The number of rotatable bonds is 2. The molecule has 1 aliphatic carbocycles. The quantitative estimate of drug-likeness (QED) is 0.631. The van der Waals surface area contributed by atoms with Crippen molar-refractivity contribution in [3.63, 3.8) is 0 Å². The lowest BCUT2D eigenvalue weighted by molar-refractivity contribution is 0.159. The molecule has 0 spiro atoms. The van der Waals surface area contributed by atoms with Crippen molar-refractivity contribution < 1.29 is 5.11 Å². The zero-order valence-electron chi connectivity index (χ0n) is 13.3. The van der Waals surface area contributed by atoms with Crippen LogP contribution in [0.5, 0.6) is 0 Å². The highest BCUT2D eigenvalue weighted by molar-refractivity contribution is 9.10. The summed E-state index contributed by atoms with van der Waals surface area (Å²) in [6, 6.07) is 25.1. The summed E-state index contributed by atoms with van der Waals surface area (Å²) >= 11 is 3.47. The molecule has 1 N–H and O–H groups in total. The molecule has 0 bridgehead atoms. The van der Waals surface area contributed by atoms with Crippen LogP contribution < -0.4 is 0 Å². The first-order valence-corrected chi connectivity index (χ1v) is 9.12. The molecular formula is C22H19BrO. The Morgan fingerprint density at radius 1 is 0.750 bits per heavy atom. The highest BCUT2D eigenvalue weighted by atomic mass is 79.9. The Balaban J connectivity index is 1.87. The second kappa shape index (κ2) is 6.54. The van der Waals surface area contributed by atoms with E-state index in [2.05, 4.69) is 64.5 Å². The van der Waals surface area contributed by atoms with Crippen molar-refractivity contribution in [1.29, 1.82) is 0 Å². The molecule has 0 saturated carbocycles. The van der Waals surface area contributed by atoms with E-state index in [1.54, 1.807) is 0 Å². The minimum Gasteiger partial charge on any atom is -0.387 e. The predicted octanol–water partition coefficient (Wildman–Crippen LogP) is 5.41. The van der Waals surface area contributed by atoms with Crippen LogP contribution in [0.15, 0.2) is 77.3 Å². The third-order valence-electron chi connectivity index (χ3n) is 4.97. The second-order valence-electron chi connectivity index (χ2n) is 6.37. The molecule has 0 fully saturated rings. The fraction of sp³-hybridized carbons (Fsp3) is 0.182. The molecule has 4 rings (SSSR count).